The zero-order valence-electron chi connectivity index (χ0n) is 19.8. The van der Waals surface area contributed by atoms with Crippen LogP contribution in [0.3, 0.4) is 0 Å². The number of likely N-dealkylation sites (tertiary alicyclic amines) is 1. The molecule has 4 aromatic rings. The van der Waals surface area contributed by atoms with Gasteiger partial charge in [0, 0.05) is 36.1 Å². The third-order valence-electron chi connectivity index (χ3n) is 6.49. The number of nitrogens with zero attached hydrogens (tertiary/aromatic N) is 2. The molecule has 5 rings (SSSR count). The molecule has 2 aromatic heterocycles. The molecule has 186 valence electrons. The molecule has 3 heterocycles. The molecule has 9 heteroatoms. The van der Waals surface area contributed by atoms with E-state index in [-0.39, 0.29) is 23.7 Å². The van der Waals surface area contributed by atoms with Crippen molar-refractivity contribution in [1.82, 2.24) is 14.9 Å². The lowest BCUT2D eigenvalue weighted by atomic mass is 9.95. The summed E-state index contributed by atoms with van der Waals surface area (Å²) in [5.41, 5.74) is 2.20. The van der Waals surface area contributed by atoms with Gasteiger partial charge in [0.2, 0.25) is 0 Å². The summed E-state index contributed by atoms with van der Waals surface area (Å²) in [6.07, 6.45) is 4.95. The second-order valence-electron chi connectivity index (χ2n) is 8.57. The number of Topliss-reactive ketones (excluding diaryl/α,β-unsaturated/α-hetero) is 1. The summed E-state index contributed by atoms with van der Waals surface area (Å²) in [7, 11) is 1.27. The van der Waals surface area contributed by atoms with Crippen LogP contribution in [0.2, 0.25) is 0 Å². The summed E-state index contributed by atoms with van der Waals surface area (Å²) < 4.78 is 18.9. The quantitative estimate of drug-likeness (QED) is 0.178. The van der Waals surface area contributed by atoms with Crippen LogP contribution in [0.15, 0.2) is 78.8 Å². The molecule has 0 aliphatic carbocycles. The minimum atomic E-state index is -0.908. The van der Waals surface area contributed by atoms with Crippen molar-refractivity contribution >= 4 is 34.3 Å². The molecule has 0 saturated carbocycles. The van der Waals surface area contributed by atoms with E-state index in [0.717, 1.165) is 5.56 Å². The Bertz CT molecular complexity index is 1540. The number of hydrogen-bond donors (Lipinski definition) is 2. The molecule has 2 aromatic carbocycles. The first-order valence-corrected chi connectivity index (χ1v) is 11.5. The zero-order valence-corrected chi connectivity index (χ0v) is 19.8. The highest BCUT2D eigenvalue weighted by molar-refractivity contribution is 6.46. The molecule has 1 unspecified atom stereocenters. The van der Waals surface area contributed by atoms with Crippen LogP contribution >= 0.6 is 0 Å². The summed E-state index contributed by atoms with van der Waals surface area (Å²) in [5, 5.41) is 11.8. The number of ether oxygens (including phenoxy) is 1. The molecular formula is C28H22FN3O5. The predicted molar refractivity (Wildman–Crippen MR) is 133 cm³/mol. The Hall–Kier alpha value is -4.79. The van der Waals surface area contributed by atoms with Crippen molar-refractivity contribution in [1.29, 1.82) is 0 Å². The number of H-pyrrole nitrogens is 1. The summed E-state index contributed by atoms with van der Waals surface area (Å²) >= 11 is 0. The highest BCUT2D eigenvalue weighted by Gasteiger charge is 2.46. The molecule has 0 radical (unpaired) electrons. The number of benzene rings is 2. The van der Waals surface area contributed by atoms with Crippen molar-refractivity contribution in [3.05, 3.63) is 107 Å². The Kier molecular flexibility index (Phi) is 6.27. The highest BCUT2D eigenvalue weighted by atomic mass is 19.1. The van der Waals surface area contributed by atoms with Gasteiger partial charge in [0.1, 0.15) is 11.6 Å². The van der Waals surface area contributed by atoms with Gasteiger partial charge < -0.3 is 19.7 Å². The van der Waals surface area contributed by atoms with E-state index >= 15 is 0 Å². The SMILES string of the molecule is COC(=O)c1ccc(C2/C(=C(\O)c3cccnc3)C(=O)C(=O)N2CCc2c[nH]c3c(F)cccc23)cc1. The van der Waals surface area contributed by atoms with Crippen LogP contribution in [-0.2, 0) is 20.7 Å². The number of hydrogen-bond acceptors (Lipinski definition) is 6. The summed E-state index contributed by atoms with van der Waals surface area (Å²) in [6, 6.07) is 13.4. The predicted octanol–water partition coefficient (Wildman–Crippen LogP) is 4.15. The Morgan fingerprint density at radius 1 is 1.11 bits per heavy atom. The zero-order chi connectivity index (χ0) is 26.1. The number of carbonyl (C=O) groups excluding carboxylic acids is 3. The average molecular weight is 499 g/mol. The summed E-state index contributed by atoms with van der Waals surface area (Å²) in [5.74, 6) is -2.84. The van der Waals surface area contributed by atoms with E-state index in [2.05, 4.69) is 9.97 Å². The number of nitrogens with one attached hydrogen (secondary N) is 1. The number of ketones is 1. The van der Waals surface area contributed by atoms with Gasteiger partial charge in [0.05, 0.1) is 29.8 Å². The highest BCUT2D eigenvalue weighted by Crippen LogP contribution is 2.39. The fourth-order valence-corrected chi connectivity index (χ4v) is 4.66. The smallest absolute Gasteiger partial charge is 0.337 e. The number of aliphatic hydroxyl groups is 1. The van der Waals surface area contributed by atoms with Gasteiger partial charge in [-0.25, -0.2) is 9.18 Å². The number of esters is 1. The fraction of sp³-hybridized carbons (Fsp3) is 0.143. The van der Waals surface area contributed by atoms with Crippen LogP contribution in [0.5, 0.6) is 0 Å². The second kappa shape index (κ2) is 9.69. The van der Waals surface area contributed by atoms with Gasteiger partial charge in [-0.1, -0.05) is 24.3 Å². The van der Waals surface area contributed by atoms with E-state index in [9.17, 15) is 23.9 Å². The maximum absolute atomic E-state index is 14.1. The Labute approximate surface area is 211 Å². The number of aliphatic hydroxyl groups excluding tert-OH is 1. The van der Waals surface area contributed by atoms with Crippen molar-refractivity contribution in [2.45, 2.75) is 12.5 Å². The topological polar surface area (TPSA) is 113 Å². The van der Waals surface area contributed by atoms with Crippen LogP contribution in [0, 0.1) is 5.82 Å². The van der Waals surface area contributed by atoms with Crippen molar-refractivity contribution in [2.24, 2.45) is 0 Å². The van der Waals surface area contributed by atoms with Gasteiger partial charge in [-0.05, 0) is 47.9 Å². The van der Waals surface area contributed by atoms with Gasteiger partial charge in [-0.15, -0.1) is 0 Å². The van der Waals surface area contributed by atoms with Crippen molar-refractivity contribution in [3.8, 4) is 0 Å². The standard InChI is InChI=1S/C28H22FN3O5/c1-37-28(36)17-9-7-16(8-10-17)24-22(25(33)19-4-3-12-30-14-19)26(34)27(35)32(24)13-11-18-15-31-23-20(18)5-2-6-21(23)29/h2-10,12,14-15,24,31,33H,11,13H2,1H3/b25-22+. The van der Waals surface area contributed by atoms with Crippen molar-refractivity contribution < 1.29 is 28.6 Å². The normalized spacial score (nSPS) is 16.9. The minimum Gasteiger partial charge on any atom is -0.507 e. The summed E-state index contributed by atoms with van der Waals surface area (Å²) in [6.45, 7) is 0.126. The fourth-order valence-electron chi connectivity index (χ4n) is 4.66. The van der Waals surface area contributed by atoms with E-state index in [4.69, 9.17) is 4.74 Å². The van der Waals surface area contributed by atoms with Gasteiger partial charge >= 0.3 is 5.97 Å². The van der Waals surface area contributed by atoms with E-state index in [0.29, 0.717) is 34.0 Å². The Balaban J connectivity index is 1.56. The minimum absolute atomic E-state index is 0.0752. The van der Waals surface area contributed by atoms with Gasteiger partial charge in [-0.3, -0.25) is 14.6 Å². The summed E-state index contributed by atoms with van der Waals surface area (Å²) in [4.78, 5) is 46.6. The van der Waals surface area contributed by atoms with E-state index in [1.54, 1.807) is 42.6 Å². The molecule has 1 amide bonds. The van der Waals surface area contributed by atoms with Crippen molar-refractivity contribution in [2.75, 3.05) is 13.7 Å². The van der Waals surface area contributed by atoms with Gasteiger partial charge in [-0.2, -0.15) is 0 Å². The molecule has 0 spiro atoms. The number of amides is 1. The number of rotatable bonds is 6. The molecule has 1 saturated heterocycles. The Morgan fingerprint density at radius 3 is 2.59 bits per heavy atom. The lowest BCUT2D eigenvalue weighted by Crippen LogP contribution is -2.31. The first-order chi connectivity index (χ1) is 17.9. The maximum Gasteiger partial charge on any atom is 0.337 e. The third-order valence-corrected chi connectivity index (χ3v) is 6.49. The van der Waals surface area contributed by atoms with Crippen LogP contribution in [0.1, 0.15) is 33.1 Å². The molecule has 1 aliphatic rings. The molecule has 37 heavy (non-hydrogen) atoms. The number of fused-ring (bicyclic) bond motifs is 1. The van der Waals surface area contributed by atoms with Crippen LogP contribution in [0.4, 0.5) is 4.39 Å². The lowest BCUT2D eigenvalue weighted by molar-refractivity contribution is -0.139. The number of para-hydroxylation sites is 1. The molecule has 1 aliphatic heterocycles. The third kappa shape index (κ3) is 4.24. The van der Waals surface area contributed by atoms with E-state index in [1.165, 1.54) is 42.6 Å². The number of carbonyl (C=O) groups is 3. The number of aromatic amines is 1. The number of pyridine rings is 1. The number of halogens is 1. The average Bonchev–Trinajstić information content (AvgIpc) is 3.46. The lowest BCUT2D eigenvalue weighted by Gasteiger charge is -2.25. The Morgan fingerprint density at radius 2 is 1.89 bits per heavy atom. The molecule has 0 bridgehead atoms. The van der Waals surface area contributed by atoms with Gasteiger partial charge in [0.15, 0.2) is 0 Å². The number of methoxy groups -OCH3 is 1. The molecule has 2 N–H and O–H groups in total. The monoisotopic (exact) mass is 499 g/mol. The molecule has 8 nitrogen and oxygen atoms in total. The van der Waals surface area contributed by atoms with E-state index < -0.39 is 23.7 Å². The molecular weight excluding hydrogens is 477 g/mol. The van der Waals surface area contributed by atoms with Crippen LogP contribution < -0.4 is 0 Å². The van der Waals surface area contributed by atoms with Crippen LogP contribution in [-0.4, -0.2) is 51.3 Å². The molecule has 1 fully saturated rings. The van der Waals surface area contributed by atoms with E-state index in [1.807, 2.05) is 0 Å². The van der Waals surface area contributed by atoms with Crippen LogP contribution in [0.25, 0.3) is 16.7 Å². The van der Waals surface area contributed by atoms with Crippen molar-refractivity contribution in [3.63, 3.8) is 0 Å². The largest absolute Gasteiger partial charge is 0.507 e. The second-order valence-corrected chi connectivity index (χ2v) is 8.57. The number of aromatic nitrogens is 2. The first kappa shape index (κ1) is 23.9. The first-order valence-electron chi connectivity index (χ1n) is 11.5. The van der Waals surface area contributed by atoms with Gasteiger partial charge in [0.25, 0.3) is 11.7 Å². The molecule has 1 atom stereocenters. The maximum atomic E-state index is 14.1.